The number of halogens is 2. The van der Waals surface area contributed by atoms with Crippen molar-refractivity contribution in [3.8, 4) is 0 Å². The summed E-state index contributed by atoms with van der Waals surface area (Å²) in [4.78, 5) is 12.4. The summed E-state index contributed by atoms with van der Waals surface area (Å²) in [5, 5.41) is 2.92. The smallest absolute Gasteiger partial charge is 0.256 e. The average Bonchev–Trinajstić information content (AvgIpc) is 2.36. The first-order chi connectivity index (χ1) is 9.38. The monoisotopic (exact) mass is 396 g/mol. The van der Waals surface area contributed by atoms with Crippen LogP contribution in [0.4, 0.5) is 11.4 Å². The number of nitrogens with two attached hydrogens (primary N) is 1. The Morgan fingerprint density at radius 1 is 1.10 bits per heavy atom. The van der Waals surface area contributed by atoms with Gasteiger partial charge >= 0.3 is 0 Å². The summed E-state index contributed by atoms with van der Waals surface area (Å²) in [7, 11) is 0. The molecule has 2 rings (SSSR count). The van der Waals surface area contributed by atoms with E-state index >= 15 is 0 Å². The fraction of sp³-hybridized carbons (Fsp3) is 0.133. The molecule has 0 heterocycles. The molecule has 0 aromatic heterocycles. The van der Waals surface area contributed by atoms with Gasteiger partial charge in [0, 0.05) is 14.6 Å². The van der Waals surface area contributed by atoms with Crippen molar-refractivity contribution in [3.63, 3.8) is 0 Å². The molecule has 3 nitrogen and oxygen atoms in total. The molecule has 2 aromatic rings. The molecule has 3 N–H and O–H groups in total. The van der Waals surface area contributed by atoms with Gasteiger partial charge in [-0.05, 0) is 81.1 Å². The second-order valence-corrected chi connectivity index (χ2v) is 6.34. The fourth-order valence-corrected chi connectivity index (χ4v) is 3.17. The lowest BCUT2D eigenvalue weighted by molar-refractivity contribution is 0.102. The van der Waals surface area contributed by atoms with Crippen LogP contribution in [0.1, 0.15) is 21.5 Å². The number of carbonyl (C=O) groups excluding carboxylic acids is 1. The van der Waals surface area contributed by atoms with E-state index in [-0.39, 0.29) is 5.91 Å². The summed E-state index contributed by atoms with van der Waals surface area (Å²) < 4.78 is 1.58. The molecule has 0 atom stereocenters. The lowest BCUT2D eigenvalue weighted by Crippen LogP contribution is -2.14. The maximum Gasteiger partial charge on any atom is 0.256 e. The van der Waals surface area contributed by atoms with Gasteiger partial charge in [-0.15, -0.1) is 0 Å². The third-order valence-electron chi connectivity index (χ3n) is 2.91. The number of hydrogen-bond acceptors (Lipinski definition) is 2. The fourth-order valence-electron chi connectivity index (χ4n) is 1.97. The quantitative estimate of drug-likeness (QED) is 0.723. The number of carbonyl (C=O) groups is 1. The van der Waals surface area contributed by atoms with Crippen LogP contribution in [0.3, 0.4) is 0 Å². The topological polar surface area (TPSA) is 55.1 Å². The van der Waals surface area contributed by atoms with Crippen molar-refractivity contribution in [1.82, 2.24) is 0 Å². The number of amides is 1. The Bertz CT molecular complexity index is 661. The van der Waals surface area contributed by atoms with E-state index in [1.807, 2.05) is 26.0 Å². The second kappa shape index (κ2) is 5.97. The molecule has 0 radical (unpaired) electrons. The average molecular weight is 398 g/mol. The van der Waals surface area contributed by atoms with Gasteiger partial charge in [-0.2, -0.15) is 0 Å². The van der Waals surface area contributed by atoms with Gasteiger partial charge in [-0.25, -0.2) is 0 Å². The third kappa shape index (κ3) is 3.22. The molecule has 0 aliphatic rings. The summed E-state index contributed by atoms with van der Waals surface area (Å²) in [5.74, 6) is -0.197. The van der Waals surface area contributed by atoms with Gasteiger partial charge < -0.3 is 11.1 Å². The van der Waals surface area contributed by atoms with E-state index in [2.05, 4.69) is 37.2 Å². The standard InChI is InChI=1S/C15H14Br2N2O/c1-8-5-9(2)14(13(17)6-8)19-15(20)11-7-10(18)3-4-12(11)16/h3-7H,18H2,1-2H3,(H,19,20). The highest BCUT2D eigenvalue weighted by Crippen LogP contribution is 2.29. The molecular weight excluding hydrogens is 384 g/mol. The van der Waals surface area contributed by atoms with E-state index < -0.39 is 0 Å². The maximum absolute atomic E-state index is 12.4. The van der Waals surface area contributed by atoms with E-state index in [1.165, 1.54) is 0 Å². The molecule has 5 heteroatoms. The largest absolute Gasteiger partial charge is 0.399 e. The van der Waals surface area contributed by atoms with Crippen LogP contribution in [0.5, 0.6) is 0 Å². The van der Waals surface area contributed by atoms with Crippen LogP contribution < -0.4 is 11.1 Å². The molecule has 0 aliphatic carbocycles. The molecule has 0 unspecified atom stereocenters. The predicted molar refractivity (Wildman–Crippen MR) is 90.1 cm³/mol. The van der Waals surface area contributed by atoms with Crippen molar-refractivity contribution >= 4 is 49.1 Å². The van der Waals surface area contributed by atoms with E-state index in [1.54, 1.807) is 18.2 Å². The van der Waals surface area contributed by atoms with Gasteiger partial charge in [0.15, 0.2) is 0 Å². The van der Waals surface area contributed by atoms with Crippen molar-refractivity contribution in [2.75, 3.05) is 11.1 Å². The Morgan fingerprint density at radius 2 is 1.80 bits per heavy atom. The zero-order valence-corrected chi connectivity index (χ0v) is 14.3. The Hall–Kier alpha value is -1.33. The first-order valence-electron chi connectivity index (χ1n) is 6.01. The number of rotatable bonds is 2. The highest BCUT2D eigenvalue weighted by molar-refractivity contribution is 9.11. The second-order valence-electron chi connectivity index (χ2n) is 4.63. The third-order valence-corrected chi connectivity index (χ3v) is 4.22. The van der Waals surface area contributed by atoms with Gasteiger partial charge in [-0.1, -0.05) is 6.07 Å². The van der Waals surface area contributed by atoms with Crippen molar-refractivity contribution in [2.45, 2.75) is 13.8 Å². The Balaban J connectivity index is 2.35. The molecule has 0 saturated heterocycles. The summed E-state index contributed by atoms with van der Waals surface area (Å²) >= 11 is 6.85. The van der Waals surface area contributed by atoms with Crippen molar-refractivity contribution in [1.29, 1.82) is 0 Å². The van der Waals surface area contributed by atoms with E-state index in [0.29, 0.717) is 15.7 Å². The van der Waals surface area contributed by atoms with Gasteiger partial charge in [0.05, 0.1) is 11.3 Å². The first-order valence-corrected chi connectivity index (χ1v) is 7.60. The highest BCUT2D eigenvalue weighted by Gasteiger charge is 2.14. The van der Waals surface area contributed by atoms with Crippen LogP contribution in [-0.4, -0.2) is 5.91 Å². The molecule has 1 amide bonds. The zero-order chi connectivity index (χ0) is 14.9. The SMILES string of the molecule is Cc1cc(C)c(NC(=O)c2cc(N)ccc2Br)c(Br)c1. The van der Waals surface area contributed by atoms with Gasteiger partial charge in [0.1, 0.15) is 0 Å². The number of benzene rings is 2. The minimum absolute atomic E-state index is 0.197. The van der Waals surface area contributed by atoms with Gasteiger partial charge in [0.2, 0.25) is 0 Å². The van der Waals surface area contributed by atoms with Crippen molar-refractivity contribution in [2.24, 2.45) is 0 Å². The van der Waals surface area contributed by atoms with Crippen LogP contribution in [0.2, 0.25) is 0 Å². The summed E-state index contributed by atoms with van der Waals surface area (Å²) in [5.41, 5.74) is 9.71. The zero-order valence-electron chi connectivity index (χ0n) is 11.1. The Kier molecular flexibility index (Phi) is 4.50. The normalized spacial score (nSPS) is 10.4. The molecule has 2 aromatic carbocycles. The highest BCUT2D eigenvalue weighted by atomic mass is 79.9. The summed E-state index contributed by atoms with van der Waals surface area (Å²) in [6, 6.07) is 9.15. The van der Waals surface area contributed by atoms with E-state index in [0.717, 1.165) is 21.3 Å². The first kappa shape index (κ1) is 15.1. The summed E-state index contributed by atoms with van der Waals surface area (Å²) in [6.45, 7) is 3.97. The van der Waals surface area contributed by atoms with Crippen LogP contribution in [-0.2, 0) is 0 Å². The lowest BCUT2D eigenvalue weighted by Gasteiger charge is -2.13. The number of anilines is 2. The van der Waals surface area contributed by atoms with E-state index in [4.69, 9.17) is 5.73 Å². The van der Waals surface area contributed by atoms with Crippen LogP contribution in [0, 0.1) is 13.8 Å². The van der Waals surface area contributed by atoms with Crippen molar-refractivity contribution in [3.05, 3.63) is 56.0 Å². The molecule has 0 aliphatic heterocycles. The number of hydrogen-bond donors (Lipinski definition) is 2. The minimum Gasteiger partial charge on any atom is -0.399 e. The molecule has 0 spiro atoms. The van der Waals surface area contributed by atoms with Crippen molar-refractivity contribution < 1.29 is 4.79 Å². The molecule has 0 saturated carbocycles. The minimum atomic E-state index is -0.197. The number of nitrogen functional groups attached to an aromatic ring is 1. The molecule has 0 bridgehead atoms. The number of nitrogens with one attached hydrogen (secondary N) is 1. The predicted octanol–water partition coefficient (Wildman–Crippen LogP) is 4.66. The number of aryl methyl sites for hydroxylation is 2. The maximum atomic E-state index is 12.4. The molecule has 20 heavy (non-hydrogen) atoms. The van der Waals surface area contributed by atoms with Crippen LogP contribution in [0.15, 0.2) is 39.3 Å². The van der Waals surface area contributed by atoms with E-state index in [9.17, 15) is 4.79 Å². The molecular formula is C15H14Br2N2O. The molecule has 0 fully saturated rings. The summed E-state index contributed by atoms with van der Waals surface area (Å²) in [6.07, 6.45) is 0. The Labute approximate surface area is 134 Å². The van der Waals surface area contributed by atoms with Gasteiger partial charge in [-0.3, -0.25) is 4.79 Å². The molecule has 104 valence electrons. The van der Waals surface area contributed by atoms with Crippen LogP contribution >= 0.6 is 31.9 Å². The van der Waals surface area contributed by atoms with Crippen LogP contribution in [0.25, 0.3) is 0 Å². The lowest BCUT2D eigenvalue weighted by atomic mass is 10.1. The Morgan fingerprint density at radius 3 is 2.45 bits per heavy atom. The van der Waals surface area contributed by atoms with Gasteiger partial charge in [0.25, 0.3) is 5.91 Å².